The maximum Gasteiger partial charge on any atom is 0.341 e. The highest BCUT2D eigenvalue weighted by Gasteiger charge is 2.28. The summed E-state index contributed by atoms with van der Waals surface area (Å²) in [5, 5.41) is 2.49. The van der Waals surface area contributed by atoms with Crippen LogP contribution in [0, 0.1) is 0 Å². The molecule has 0 aromatic rings. The molecule has 100 valence electrons. The van der Waals surface area contributed by atoms with Crippen molar-refractivity contribution in [3.63, 3.8) is 0 Å². The van der Waals surface area contributed by atoms with Crippen molar-refractivity contribution in [3.05, 3.63) is 0 Å². The van der Waals surface area contributed by atoms with Gasteiger partial charge in [-0.2, -0.15) is 0 Å². The van der Waals surface area contributed by atoms with Gasteiger partial charge in [0.1, 0.15) is 6.04 Å². The van der Waals surface area contributed by atoms with E-state index in [-0.39, 0.29) is 11.8 Å². The van der Waals surface area contributed by atoms with Gasteiger partial charge in [0, 0.05) is 12.8 Å². The van der Waals surface area contributed by atoms with E-state index in [1.807, 2.05) is 0 Å². The molecule has 18 heavy (non-hydrogen) atoms. The number of nitrogens with zero attached hydrogens (tertiary/aromatic N) is 1. The molecule has 1 heterocycles. The summed E-state index contributed by atoms with van der Waals surface area (Å²) in [5.41, 5.74) is 0.510. The standard InChI is InChI=1S/C12H18N2O4/c1-3-18-10(16)7-5-4-6-9(15)11-8(2)13-12(17)14-11/h11H,3-7H2,1-2H3,(H,14,17). The van der Waals surface area contributed by atoms with Crippen LogP contribution in [-0.4, -0.2) is 36.1 Å². The van der Waals surface area contributed by atoms with Crippen molar-refractivity contribution in [1.29, 1.82) is 0 Å². The number of Topliss-reactive ketones (excluding diaryl/α,β-unsaturated/α-hetero) is 1. The molecule has 1 atom stereocenters. The number of hydrogen-bond donors (Lipinski definition) is 1. The summed E-state index contributed by atoms with van der Waals surface area (Å²) < 4.78 is 4.78. The van der Waals surface area contributed by atoms with E-state index < -0.39 is 12.1 Å². The molecule has 6 heteroatoms. The van der Waals surface area contributed by atoms with E-state index in [0.29, 0.717) is 38.0 Å². The Morgan fingerprint density at radius 1 is 1.33 bits per heavy atom. The second kappa shape index (κ2) is 6.88. The van der Waals surface area contributed by atoms with E-state index >= 15 is 0 Å². The molecule has 2 amide bonds. The van der Waals surface area contributed by atoms with Crippen molar-refractivity contribution in [2.45, 2.75) is 45.6 Å². The SMILES string of the molecule is CCOC(=O)CCCCC(=O)C1NC(=O)N=C1C. The highest BCUT2D eigenvalue weighted by Crippen LogP contribution is 2.08. The molecule has 0 aliphatic carbocycles. The third-order valence-electron chi connectivity index (χ3n) is 2.64. The number of unbranched alkanes of at least 4 members (excludes halogenated alkanes) is 1. The van der Waals surface area contributed by atoms with Gasteiger partial charge in [-0.25, -0.2) is 9.79 Å². The summed E-state index contributed by atoms with van der Waals surface area (Å²) in [6, 6.07) is -1.04. The monoisotopic (exact) mass is 254 g/mol. The first-order valence-corrected chi connectivity index (χ1v) is 6.08. The van der Waals surface area contributed by atoms with Crippen LogP contribution in [-0.2, 0) is 14.3 Å². The first-order chi connectivity index (χ1) is 8.54. The number of esters is 1. The fraction of sp³-hybridized carbons (Fsp3) is 0.667. The van der Waals surface area contributed by atoms with Crippen molar-refractivity contribution in [2.24, 2.45) is 4.99 Å². The minimum Gasteiger partial charge on any atom is -0.466 e. The fourth-order valence-corrected chi connectivity index (χ4v) is 1.74. The first-order valence-electron chi connectivity index (χ1n) is 6.08. The zero-order chi connectivity index (χ0) is 13.5. The molecule has 6 nitrogen and oxygen atoms in total. The molecule has 1 aliphatic rings. The molecule has 0 radical (unpaired) electrons. The Balaban J connectivity index is 2.20. The second-order valence-corrected chi connectivity index (χ2v) is 4.11. The van der Waals surface area contributed by atoms with Crippen LogP contribution < -0.4 is 5.32 Å². The average molecular weight is 254 g/mol. The smallest absolute Gasteiger partial charge is 0.341 e. The van der Waals surface area contributed by atoms with Gasteiger partial charge in [0.25, 0.3) is 0 Å². The summed E-state index contributed by atoms with van der Waals surface area (Å²) in [6.07, 6.45) is 1.88. The number of carbonyl (C=O) groups is 3. The van der Waals surface area contributed by atoms with Crippen LogP contribution in [0.2, 0.25) is 0 Å². The first kappa shape index (κ1) is 14.3. The molecule has 0 spiro atoms. The summed E-state index contributed by atoms with van der Waals surface area (Å²) in [7, 11) is 0. The van der Waals surface area contributed by atoms with Crippen molar-refractivity contribution in [1.82, 2.24) is 5.32 Å². The highest BCUT2D eigenvalue weighted by atomic mass is 16.5. The van der Waals surface area contributed by atoms with Gasteiger partial charge in [-0.15, -0.1) is 0 Å². The Morgan fingerprint density at radius 3 is 2.56 bits per heavy atom. The van der Waals surface area contributed by atoms with Gasteiger partial charge in [0.05, 0.1) is 12.3 Å². The lowest BCUT2D eigenvalue weighted by Crippen LogP contribution is -2.38. The fourth-order valence-electron chi connectivity index (χ4n) is 1.74. The molecule has 0 saturated heterocycles. The van der Waals surface area contributed by atoms with Crippen molar-refractivity contribution in [3.8, 4) is 0 Å². The summed E-state index contributed by atoms with van der Waals surface area (Å²) in [4.78, 5) is 37.4. The van der Waals surface area contributed by atoms with E-state index in [9.17, 15) is 14.4 Å². The number of nitrogens with one attached hydrogen (secondary N) is 1. The molecule has 1 N–H and O–H groups in total. The Bertz CT molecular complexity index is 376. The molecular formula is C12H18N2O4. The molecule has 1 unspecified atom stereocenters. The van der Waals surface area contributed by atoms with Crippen LogP contribution in [0.5, 0.6) is 0 Å². The molecule has 0 aromatic heterocycles. The topological polar surface area (TPSA) is 84.8 Å². The lowest BCUT2D eigenvalue weighted by molar-refractivity contribution is -0.143. The predicted molar refractivity (Wildman–Crippen MR) is 65.5 cm³/mol. The number of ether oxygens (including phenoxy) is 1. The van der Waals surface area contributed by atoms with Crippen molar-refractivity contribution in [2.75, 3.05) is 6.61 Å². The Labute approximate surface area is 106 Å². The van der Waals surface area contributed by atoms with Gasteiger partial charge in [0.15, 0.2) is 5.78 Å². The highest BCUT2D eigenvalue weighted by molar-refractivity contribution is 6.16. The van der Waals surface area contributed by atoms with Gasteiger partial charge >= 0.3 is 12.0 Å². The van der Waals surface area contributed by atoms with E-state index in [4.69, 9.17) is 4.74 Å². The van der Waals surface area contributed by atoms with Crippen LogP contribution in [0.15, 0.2) is 4.99 Å². The Hall–Kier alpha value is -1.72. The Morgan fingerprint density at radius 2 is 2.00 bits per heavy atom. The third kappa shape index (κ3) is 4.27. The van der Waals surface area contributed by atoms with Gasteiger partial charge in [-0.1, -0.05) is 0 Å². The number of rotatable bonds is 7. The van der Waals surface area contributed by atoms with Crippen LogP contribution >= 0.6 is 0 Å². The van der Waals surface area contributed by atoms with Gasteiger partial charge < -0.3 is 10.1 Å². The Kier molecular flexibility index (Phi) is 5.48. The largest absolute Gasteiger partial charge is 0.466 e. The molecule has 1 aliphatic heterocycles. The van der Waals surface area contributed by atoms with Crippen molar-refractivity contribution < 1.29 is 19.1 Å². The second-order valence-electron chi connectivity index (χ2n) is 4.11. The lowest BCUT2D eigenvalue weighted by atomic mass is 10.0. The van der Waals surface area contributed by atoms with Crippen LogP contribution in [0.4, 0.5) is 4.79 Å². The summed E-state index contributed by atoms with van der Waals surface area (Å²) >= 11 is 0. The van der Waals surface area contributed by atoms with Crippen LogP contribution in [0.3, 0.4) is 0 Å². The number of hydrogen-bond acceptors (Lipinski definition) is 4. The predicted octanol–water partition coefficient (Wildman–Crippen LogP) is 1.23. The summed E-state index contributed by atoms with van der Waals surface area (Å²) in [6.45, 7) is 3.78. The van der Waals surface area contributed by atoms with Crippen molar-refractivity contribution >= 4 is 23.5 Å². The number of urea groups is 1. The van der Waals surface area contributed by atoms with E-state index in [1.165, 1.54) is 0 Å². The average Bonchev–Trinajstić information content (AvgIpc) is 2.64. The molecule has 0 aromatic carbocycles. The maximum atomic E-state index is 11.8. The number of ketones is 1. The van der Waals surface area contributed by atoms with Crippen LogP contribution in [0.1, 0.15) is 39.5 Å². The lowest BCUT2D eigenvalue weighted by Gasteiger charge is -2.09. The minimum atomic E-state index is -0.583. The molecular weight excluding hydrogens is 236 g/mol. The maximum absolute atomic E-state index is 11.8. The third-order valence-corrected chi connectivity index (χ3v) is 2.64. The molecule has 0 saturated carbocycles. The number of aliphatic imine (C=N–C) groups is 1. The van der Waals surface area contributed by atoms with E-state index in [0.717, 1.165) is 0 Å². The molecule has 0 bridgehead atoms. The normalized spacial score (nSPS) is 18.2. The van der Waals surface area contributed by atoms with Gasteiger partial charge in [-0.05, 0) is 26.7 Å². The van der Waals surface area contributed by atoms with Gasteiger partial charge in [0.2, 0.25) is 0 Å². The molecule has 1 rings (SSSR count). The minimum absolute atomic E-state index is 0.0639. The zero-order valence-electron chi connectivity index (χ0n) is 10.7. The van der Waals surface area contributed by atoms with E-state index in [2.05, 4.69) is 10.3 Å². The van der Waals surface area contributed by atoms with Gasteiger partial charge in [-0.3, -0.25) is 9.59 Å². The molecule has 0 fully saturated rings. The number of carbonyl (C=O) groups excluding carboxylic acids is 3. The van der Waals surface area contributed by atoms with Crippen LogP contribution in [0.25, 0.3) is 0 Å². The zero-order valence-corrected chi connectivity index (χ0v) is 10.7. The quantitative estimate of drug-likeness (QED) is 0.547. The van der Waals surface area contributed by atoms with E-state index in [1.54, 1.807) is 13.8 Å². The number of amides is 2. The summed E-state index contributed by atoms with van der Waals surface area (Å²) in [5.74, 6) is -0.303.